The molecule has 1 aliphatic heterocycles. The molecule has 2 aromatic rings. The highest BCUT2D eigenvalue weighted by molar-refractivity contribution is 7.91. The van der Waals surface area contributed by atoms with E-state index in [9.17, 15) is 16.8 Å². The first kappa shape index (κ1) is 20.0. The predicted octanol–water partition coefficient (Wildman–Crippen LogP) is 2.53. The van der Waals surface area contributed by atoms with E-state index in [2.05, 4.69) is 4.72 Å². The summed E-state index contributed by atoms with van der Waals surface area (Å²) in [6.45, 7) is 3.25. The minimum atomic E-state index is -3.81. The summed E-state index contributed by atoms with van der Waals surface area (Å²) in [6, 6.07) is 12.2. The van der Waals surface area contributed by atoms with Crippen LogP contribution in [-0.4, -0.2) is 36.6 Å². The number of sulfonamides is 1. The molecule has 0 spiro atoms. The van der Waals surface area contributed by atoms with Crippen molar-refractivity contribution in [2.75, 3.05) is 19.8 Å². The van der Waals surface area contributed by atoms with Gasteiger partial charge in [-0.3, -0.25) is 0 Å². The van der Waals surface area contributed by atoms with E-state index < -0.39 is 19.9 Å². The molecular weight excluding hydrogens is 386 g/mol. The van der Waals surface area contributed by atoms with Gasteiger partial charge in [0.25, 0.3) is 0 Å². The van der Waals surface area contributed by atoms with Crippen molar-refractivity contribution in [1.82, 2.24) is 4.72 Å². The Labute approximate surface area is 160 Å². The third-order valence-electron chi connectivity index (χ3n) is 4.72. The van der Waals surface area contributed by atoms with Crippen LogP contribution < -0.4 is 4.72 Å². The maximum atomic E-state index is 12.8. The highest BCUT2D eigenvalue weighted by Gasteiger charge is 2.24. The zero-order chi connectivity index (χ0) is 19.5. The topological polar surface area (TPSA) is 89.5 Å². The molecule has 8 heteroatoms. The van der Waals surface area contributed by atoms with Gasteiger partial charge in [-0.15, -0.1) is 0 Å². The van der Waals surface area contributed by atoms with Crippen LogP contribution in [0, 0.1) is 12.8 Å². The lowest BCUT2D eigenvalue weighted by atomic mass is 10.0. The van der Waals surface area contributed by atoms with Gasteiger partial charge in [-0.25, -0.2) is 21.6 Å². The van der Waals surface area contributed by atoms with E-state index in [-0.39, 0.29) is 20.6 Å². The van der Waals surface area contributed by atoms with E-state index in [1.165, 1.54) is 30.3 Å². The van der Waals surface area contributed by atoms with Crippen LogP contribution in [0.4, 0.5) is 0 Å². The molecule has 27 heavy (non-hydrogen) atoms. The second-order valence-electron chi connectivity index (χ2n) is 6.65. The van der Waals surface area contributed by atoms with Gasteiger partial charge in [0.15, 0.2) is 0 Å². The molecule has 0 bridgehead atoms. The number of rotatable bonds is 6. The van der Waals surface area contributed by atoms with Crippen molar-refractivity contribution in [1.29, 1.82) is 0 Å². The molecule has 0 radical (unpaired) electrons. The van der Waals surface area contributed by atoms with Crippen LogP contribution in [0.2, 0.25) is 0 Å². The van der Waals surface area contributed by atoms with Crippen molar-refractivity contribution >= 4 is 19.9 Å². The van der Waals surface area contributed by atoms with Gasteiger partial charge in [0, 0.05) is 19.8 Å². The van der Waals surface area contributed by atoms with Crippen molar-refractivity contribution < 1.29 is 21.6 Å². The van der Waals surface area contributed by atoms with Crippen LogP contribution in [0.3, 0.4) is 0 Å². The first-order chi connectivity index (χ1) is 12.8. The Morgan fingerprint density at radius 2 is 1.63 bits per heavy atom. The SMILES string of the molecule is Cc1ccc(S(=O)(=O)c2ccccc2)cc1S(=O)(=O)NCC1CCOCC1. The molecule has 0 unspecified atom stereocenters. The normalized spacial score (nSPS) is 16.3. The molecule has 3 rings (SSSR count). The van der Waals surface area contributed by atoms with Crippen molar-refractivity contribution in [3.8, 4) is 0 Å². The fourth-order valence-electron chi connectivity index (χ4n) is 3.03. The summed E-state index contributed by atoms with van der Waals surface area (Å²) >= 11 is 0. The largest absolute Gasteiger partial charge is 0.381 e. The summed E-state index contributed by atoms with van der Waals surface area (Å²) in [5.74, 6) is 0.227. The van der Waals surface area contributed by atoms with Gasteiger partial charge in [0.2, 0.25) is 19.9 Å². The number of benzene rings is 2. The molecule has 1 heterocycles. The van der Waals surface area contributed by atoms with Crippen molar-refractivity contribution in [3.05, 3.63) is 54.1 Å². The smallest absolute Gasteiger partial charge is 0.240 e. The Morgan fingerprint density at radius 1 is 0.963 bits per heavy atom. The van der Waals surface area contributed by atoms with Crippen LogP contribution >= 0.6 is 0 Å². The minimum Gasteiger partial charge on any atom is -0.381 e. The zero-order valence-electron chi connectivity index (χ0n) is 15.1. The molecule has 1 aliphatic rings. The fourth-order valence-corrected chi connectivity index (χ4v) is 5.80. The van der Waals surface area contributed by atoms with Gasteiger partial charge in [-0.2, -0.15) is 0 Å². The number of nitrogens with one attached hydrogen (secondary N) is 1. The third-order valence-corrected chi connectivity index (χ3v) is 8.05. The quantitative estimate of drug-likeness (QED) is 0.792. The van der Waals surface area contributed by atoms with E-state index in [0.29, 0.717) is 25.3 Å². The van der Waals surface area contributed by atoms with E-state index >= 15 is 0 Å². The third kappa shape index (κ3) is 4.57. The highest BCUT2D eigenvalue weighted by atomic mass is 32.2. The fraction of sp³-hybridized carbons (Fsp3) is 0.368. The first-order valence-electron chi connectivity index (χ1n) is 8.79. The maximum Gasteiger partial charge on any atom is 0.240 e. The van der Waals surface area contributed by atoms with Crippen molar-refractivity contribution in [2.24, 2.45) is 5.92 Å². The van der Waals surface area contributed by atoms with Gasteiger partial charge in [-0.05, 0) is 55.5 Å². The maximum absolute atomic E-state index is 12.8. The number of hydrogen-bond donors (Lipinski definition) is 1. The Balaban J connectivity index is 1.88. The highest BCUT2D eigenvalue weighted by Crippen LogP contribution is 2.25. The number of sulfone groups is 1. The average Bonchev–Trinajstić information content (AvgIpc) is 2.68. The van der Waals surface area contributed by atoms with E-state index in [1.54, 1.807) is 25.1 Å². The lowest BCUT2D eigenvalue weighted by Gasteiger charge is -2.22. The number of hydrogen-bond acceptors (Lipinski definition) is 5. The molecule has 0 aromatic heterocycles. The summed E-state index contributed by atoms with van der Waals surface area (Å²) in [5.41, 5.74) is 0.501. The van der Waals surface area contributed by atoms with E-state index in [0.717, 1.165) is 12.8 Å². The van der Waals surface area contributed by atoms with Crippen LogP contribution in [0.15, 0.2) is 63.2 Å². The Kier molecular flexibility index (Phi) is 6.00. The summed E-state index contributed by atoms with van der Waals surface area (Å²) < 4.78 is 59.1. The average molecular weight is 410 g/mol. The lowest BCUT2D eigenvalue weighted by Crippen LogP contribution is -2.32. The molecule has 0 atom stereocenters. The molecule has 1 N–H and O–H groups in total. The summed E-state index contributed by atoms with van der Waals surface area (Å²) in [4.78, 5) is 0.0877. The summed E-state index contributed by atoms with van der Waals surface area (Å²) in [5, 5.41) is 0. The molecule has 0 aliphatic carbocycles. The van der Waals surface area contributed by atoms with E-state index in [1.807, 2.05) is 0 Å². The van der Waals surface area contributed by atoms with Gasteiger partial charge in [-0.1, -0.05) is 24.3 Å². The van der Waals surface area contributed by atoms with Crippen LogP contribution in [-0.2, 0) is 24.6 Å². The second kappa shape index (κ2) is 8.10. The molecule has 2 aromatic carbocycles. The Hall–Kier alpha value is -1.74. The lowest BCUT2D eigenvalue weighted by molar-refractivity contribution is 0.0678. The molecule has 1 fully saturated rings. The predicted molar refractivity (Wildman–Crippen MR) is 102 cm³/mol. The molecule has 1 saturated heterocycles. The molecular formula is C19H23NO5S2. The number of ether oxygens (including phenoxy) is 1. The van der Waals surface area contributed by atoms with Gasteiger partial charge in [0.1, 0.15) is 0 Å². The van der Waals surface area contributed by atoms with Crippen LogP contribution in [0.25, 0.3) is 0 Å². The molecule has 0 saturated carbocycles. The van der Waals surface area contributed by atoms with Crippen LogP contribution in [0.5, 0.6) is 0 Å². The number of aryl methyl sites for hydroxylation is 1. The molecule has 0 amide bonds. The van der Waals surface area contributed by atoms with Gasteiger partial charge < -0.3 is 4.74 Å². The van der Waals surface area contributed by atoms with Crippen molar-refractivity contribution in [3.63, 3.8) is 0 Å². The summed E-state index contributed by atoms with van der Waals surface area (Å²) in [6.07, 6.45) is 1.62. The molecule has 146 valence electrons. The molecule has 6 nitrogen and oxygen atoms in total. The van der Waals surface area contributed by atoms with Crippen molar-refractivity contribution in [2.45, 2.75) is 34.5 Å². The minimum absolute atomic E-state index is 0.00781. The zero-order valence-corrected chi connectivity index (χ0v) is 16.7. The van der Waals surface area contributed by atoms with Gasteiger partial charge in [0.05, 0.1) is 14.7 Å². The first-order valence-corrected chi connectivity index (χ1v) is 11.8. The Morgan fingerprint density at radius 3 is 2.30 bits per heavy atom. The Bertz CT molecular complexity index is 996. The summed E-state index contributed by atoms with van der Waals surface area (Å²) in [7, 11) is -7.59. The van der Waals surface area contributed by atoms with E-state index in [4.69, 9.17) is 4.74 Å². The standard InChI is InChI=1S/C19H23NO5S2/c1-15-7-8-18(26(21,22)17-5-3-2-4-6-17)13-19(15)27(23,24)20-14-16-9-11-25-12-10-16/h2-8,13,16,20H,9-12,14H2,1H3. The van der Waals surface area contributed by atoms with Crippen LogP contribution in [0.1, 0.15) is 18.4 Å². The second-order valence-corrected chi connectivity index (χ2v) is 10.3. The monoisotopic (exact) mass is 409 g/mol. The van der Waals surface area contributed by atoms with Gasteiger partial charge >= 0.3 is 0 Å².